The highest BCUT2D eigenvalue weighted by Crippen LogP contribution is 2.27. The fourth-order valence-electron chi connectivity index (χ4n) is 2.43. The van der Waals surface area contributed by atoms with Crippen molar-refractivity contribution >= 4 is 29.0 Å². The highest BCUT2D eigenvalue weighted by Gasteiger charge is 2.14. The molecule has 0 amide bonds. The van der Waals surface area contributed by atoms with Crippen LogP contribution in [0.1, 0.15) is 42.4 Å². The van der Waals surface area contributed by atoms with Gasteiger partial charge in [0.2, 0.25) is 0 Å². The number of nitrogens with one attached hydrogen (secondary N) is 1. The molecule has 0 saturated heterocycles. The molecule has 2 aromatic rings. The number of halogens is 2. The molecule has 0 aliphatic rings. The average Bonchev–Trinajstić information content (AvgIpc) is 2.41. The molecule has 1 N–H and O–H groups in total. The number of hydrogen-bond donors (Lipinski definition) is 1. The van der Waals surface area contributed by atoms with Gasteiger partial charge in [-0.05, 0) is 30.5 Å². The van der Waals surface area contributed by atoms with E-state index in [1.807, 2.05) is 26.1 Å². The number of nitrogens with zero attached hydrogens (tertiary/aromatic N) is 2. The third kappa shape index (κ3) is 3.66. The molecule has 0 aliphatic heterocycles. The van der Waals surface area contributed by atoms with Crippen molar-refractivity contribution in [3.63, 3.8) is 0 Å². The van der Waals surface area contributed by atoms with Gasteiger partial charge in [-0.15, -0.1) is 0 Å². The highest BCUT2D eigenvalue weighted by atomic mass is 35.5. The zero-order valence-electron chi connectivity index (χ0n) is 12.7. The molecule has 0 atom stereocenters. The van der Waals surface area contributed by atoms with Crippen molar-refractivity contribution in [3.05, 3.63) is 50.9 Å². The van der Waals surface area contributed by atoms with Crippen molar-refractivity contribution in [1.82, 2.24) is 9.97 Å². The molecule has 5 heteroatoms. The van der Waals surface area contributed by atoms with Crippen LogP contribution in [0.15, 0.2) is 18.2 Å². The molecule has 0 unspecified atom stereocenters. The van der Waals surface area contributed by atoms with E-state index >= 15 is 0 Å². The number of hydrogen-bond acceptors (Lipinski definition) is 3. The predicted octanol–water partition coefficient (Wildman–Crippen LogP) is 4.85. The van der Waals surface area contributed by atoms with Gasteiger partial charge in [0.25, 0.3) is 0 Å². The maximum absolute atomic E-state index is 6.05. The number of aromatic nitrogens is 2. The molecule has 0 radical (unpaired) electrons. The lowest BCUT2D eigenvalue weighted by Crippen LogP contribution is -2.09. The van der Waals surface area contributed by atoms with E-state index in [-0.39, 0.29) is 0 Å². The van der Waals surface area contributed by atoms with Gasteiger partial charge in [0, 0.05) is 24.7 Å². The molecule has 0 fully saturated rings. The lowest BCUT2D eigenvalue weighted by atomic mass is 10.0. The SMILES string of the molecule is CNc1nc(Cc2ccc(Cl)c(Cl)c2)nc(C)c1C(C)C. The van der Waals surface area contributed by atoms with Gasteiger partial charge in [-0.3, -0.25) is 0 Å². The number of anilines is 1. The summed E-state index contributed by atoms with van der Waals surface area (Å²) in [5, 5.41) is 4.28. The minimum Gasteiger partial charge on any atom is -0.373 e. The summed E-state index contributed by atoms with van der Waals surface area (Å²) in [5.41, 5.74) is 3.22. The van der Waals surface area contributed by atoms with Crippen LogP contribution >= 0.6 is 23.2 Å². The normalized spacial score (nSPS) is 11.0. The number of benzene rings is 1. The summed E-state index contributed by atoms with van der Waals surface area (Å²) >= 11 is 12.0. The van der Waals surface area contributed by atoms with Gasteiger partial charge in [0.05, 0.1) is 10.0 Å². The van der Waals surface area contributed by atoms with Crippen LogP contribution < -0.4 is 5.32 Å². The molecule has 3 nitrogen and oxygen atoms in total. The molecule has 1 aromatic carbocycles. The Morgan fingerprint density at radius 1 is 1.14 bits per heavy atom. The minimum absolute atomic E-state index is 0.381. The predicted molar refractivity (Wildman–Crippen MR) is 89.7 cm³/mol. The maximum Gasteiger partial charge on any atom is 0.135 e. The Morgan fingerprint density at radius 3 is 2.43 bits per heavy atom. The van der Waals surface area contributed by atoms with E-state index in [9.17, 15) is 0 Å². The van der Waals surface area contributed by atoms with Gasteiger partial charge in [0.1, 0.15) is 11.6 Å². The van der Waals surface area contributed by atoms with Gasteiger partial charge in [-0.1, -0.05) is 43.1 Å². The van der Waals surface area contributed by atoms with E-state index in [4.69, 9.17) is 23.2 Å². The number of aryl methyl sites for hydroxylation is 1. The molecule has 112 valence electrons. The van der Waals surface area contributed by atoms with Crippen molar-refractivity contribution in [1.29, 1.82) is 0 Å². The van der Waals surface area contributed by atoms with E-state index < -0.39 is 0 Å². The minimum atomic E-state index is 0.381. The Hall–Kier alpha value is -1.32. The first kappa shape index (κ1) is 16.1. The van der Waals surface area contributed by atoms with Gasteiger partial charge in [-0.25, -0.2) is 9.97 Å². The van der Waals surface area contributed by atoms with Crippen LogP contribution in [0.25, 0.3) is 0 Å². The van der Waals surface area contributed by atoms with Crippen molar-refractivity contribution in [2.24, 2.45) is 0 Å². The van der Waals surface area contributed by atoms with Crippen molar-refractivity contribution in [2.75, 3.05) is 12.4 Å². The molecule has 21 heavy (non-hydrogen) atoms. The quantitative estimate of drug-likeness (QED) is 0.874. The van der Waals surface area contributed by atoms with Gasteiger partial charge >= 0.3 is 0 Å². The van der Waals surface area contributed by atoms with Crippen LogP contribution in [0.3, 0.4) is 0 Å². The Kier molecular flexibility index (Phi) is 5.07. The molecule has 2 rings (SSSR count). The van der Waals surface area contributed by atoms with E-state index in [2.05, 4.69) is 29.1 Å². The van der Waals surface area contributed by atoms with Crippen LogP contribution in [-0.2, 0) is 6.42 Å². The van der Waals surface area contributed by atoms with Crippen LogP contribution in [0, 0.1) is 6.92 Å². The summed E-state index contributed by atoms with van der Waals surface area (Å²) in [7, 11) is 1.89. The van der Waals surface area contributed by atoms with E-state index in [1.54, 1.807) is 6.07 Å². The Bertz CT molecular complexity index is 654. The summed E-state index contributed by atoms with van der Waals surface area (Å²) in [6, 6.07) is 5.61. The second-order valence-electron chi connectivity index (χ2n) is 5.32. The molecule has 0 spiro atoms. The topological polar surface area (TPSA) is 37.8 Å². The Labute approximate surface area is 135 Å². The highest BCUT2D eigenvalue weighted by molar-refractivity contribution is 6.42. The molecular formula is C16H19Cl2N3. The van der Waals surface area contributed by atoms with Crippen LogP contribution in [0.5, 0.6) is 0 Å². The molecule has 0 bridgehead atoms. The maximum atomic E-state index is 6.05. The first-order valence-electron chi connectivity index (χ1n) is 6.91. The smallest absolute Gasteiger partial charge is 0.135 e. The fraction of sp³-hybridized carbons (Fsp3) is 0.375. The standard InChI is InChI=1S/C16H19Cl2N3/c1-9(2)15-10(3)20-14(21-16(15)19-4)8-11-5-6-12(17)13(18)7-11/h5-7,9H,8H2,1-4H3,(H,19,20,21). The summed E-state index contributed by atoms with van der Waals surface area (Å²) < 4.78 is 0. The lowest BCUT2D eigenvalue weighted by molar-refractivity contribution is 0.814. The van der Waals surface area contributed by atoms with Crippen LogP contribution in [0.4, 0.5) is 5.82 Å². The van der Waals surface area contributed by atoms with Crippen LogP contribution in [-0.4, -0.2) is 17.0 Å². The van der Waals surface area contributed by atoms with Crippen molar-refractivity contribution in [3.8, 4) is 0 Å². The first-order chi connectivity index (χ1) is 9.92. The second kappa shape index (κ2) is 6.63. The zero-order chi connectivity index (χ0) is 15.6. The number of rotatable bonds is 4. The third-order valence-corrected chi connectivity index (χ3v) is 4.08. The summed E-state index contributed by atoms with van der Waals surface area (Å²) in [6.07, 6.45) is 0.630. The van der Waals surface area contributed by atoms with Crippen molar-refractivity contribution in [2.45, 2.75) is 33.1 Å². The van der Waals surface area contributed by atoms with Crippen LogP contribution in [0.2, 0.25) is 10.0 Å². The van der Waals surface area contributed by atoms with E-state index in [0.717, 1.165) is 28.5 Å². The largest absolute Gasteiger partial charge is 0.373 e. The third-order valence-electron chi connectivity index (χ3n) is 3.34. The lowest BCUT2D eigenvalue weighted by Gasteiger charge is -2.15. The summed E-state index contributed by atoms with van der Waals surface area (Å²) in [5.74, 6) is 2.05. The van der Waals surface area contributed by atoms with Gasteiger partial charge in [-0.2, -0.15) is 0 Å². The molecule has 0 aliphatic carbocycles. The van der Waals surface area contributed by atoms with Crippen molar-refractivity contribution < 1.29 is 0 Å². The average molecular weight is 324 g/mol. The molecule has 1 heterocycles. The monoisotopic (exact) mass is 323 g/mol. The molecule has 0 saturated carbocycles. The van der Waals surface area contributed by atoms with E-state index in [1.165, 1.54) is 0 Å². The fourth-order valence-corrected chi connectivity index (χ4v) is 2.75. The second-order valence-corrected chi connectivity index (χ2v) is 6.13. The molecule has 1 aromatic heterocycles. The summed E-state index contributed by atoms with van der Waals surface area (Å²) in [6.45, 7) is 6.31. The molecular weight excluding hydrogens is 305 g/mol. The van der Waals surface area contributed by atoms with Gasteiger partial charge < -0.3 is 5.32 Å². The Morgan fingerprint density at radius 2 is 1.86 bits per heavy atom. The zero-order valence-corrected chi connectivity index (χ0v) is 14.2. The van der Waals surface area contributed by atoms with Gasteiger partial charge in [0.15, 0.2) is 0 Å². The first-order valence-corrected chi connectivity index (χ1v) is 7.67. The summed E-state index contributed by atoms with van der Waals surface area (Å²) in [4.78, 5) is 9.25. The van der Waals surface area contributed by atoms with E-state index in [0.29, 0.717) is 22.4 Å². The Balaban J connectivity index is 2.36.